The molecule has 1 spiro atoms. The van der Waals surface area contributed by atoms with Crippen molar-refractivity contribution >= 4 is 53.8 Å². The summed E-state index contributed by atoms with van der Waals surface area (Å²) in [5.74, 6) is -2.74. The lowest BCUT2D eigenvalue weighted by molar-refractivity contribution is 0.400. The van der Waals surface area contributed by atoms with Gasteiger partial charge in [-0.3, -0.25) is 10.2 Å². The molecule has 12 heteroatoms. The van der Waals surface area contributed by atoms with E-state index in [9.17, 15) is 0 Å². The van der Waals surface area contributed by atoms with Crippen molar-refractivity contribution in [3.63, 3.8) is 0 Å². The monoisotopic (exact) mass is 382 g/mol. The zero-order chi connectivity index (χ0) is 13.6. The Morgan fingerprint density at radius 3 is 2.42 bits per heavy atom. The standard InChI is InChI=1S/C7H16Cl3N6P3/c8-17(9)13-18(10)11-4-1-2-6-16-7-3-5-12-19(16,14-17)15-18/h11-12H,1-7H2. The lowest BCUT2D eigenvalue weighted by Gasteiger charge is -2.40. The van der Waals surface area contributed by atoms with Crippen molar-refractivity contribution in [3.8, 4) is 0 Å². The molecular formula is C7H16Cl3N6P3. The van der Waals surface area contributed by atoms with E-state index < -0.39 is 20.1 Å². The van der Waals surface area contributed by atoms with Crippen LogP contribution in [-0.4, -0.2) is 30.8 Å². The summed E-state index contributed by atoms with van der Waals surface area (Å²) in [4.78, 5) is 0. The molecular weight excluding hydrogens is 367 g/mol. The highest BCUT2D eigenvalue weighted by Crippen LogP contribution is 2.82. The summed E-state index contributed by atoms with van der Waals surface area (Å²) < 4.78 is 16.0. The molecule has 2 unspecified atom stereocenters. The first-order chi connectivity index (χ1) is 8.93. The Hall–Kier alpha value is 1.44. The summed E-state index contributed by atoms with van der Waals surface area (Å²) in [6, 6.07) is 0. The van der Waals surface area contributed by atoms with E-state index in [1.165, 1.54) is 0 Å². The number of hydrogen-bond acceptors (Lipinski definition) is 6. The second-order valence-electron chi connectivity index (χ2n) is 4.65. The van der Waals surface area contributed by atoms with E-state index >= 15 is 0 Å². The van der Waals surface area contributed by atoms with Crippen LogP contribution in [0.5, 0.6) is 0 Å². The van der Waals surface area contributed by atoms with Crippen LogP contribution in [0.15, 0.2) is 13.5 Å². The van der Waals surface area contributed by atoms with Crippen molar-refractivity contribution in [2.45, 2.75) is 19.3 Å². The van der Waals surface area contributed by atoms with E-state index in [-0.39, 0.29) is 0 Å². The van der Waals surface area contributed by atoms with Gasteiger partial charge in [-0.25, -0.2) is 4.67 Å². The molecule has 3 heterocycles. The normalized spacial score (nSPS) is 42.5. The van der Waals surface area contributed by atoms with Gasteiger partial charge in [0.05, 0.1) is 0 Å². The van der Waals surface area contributed by atoms with E-state index in [0.717, 1.165) is 45.4 Å². The Kier molecular flexibility index (Phi) is 4.50. The number of nitrogens with zero attached hydrogens (tertiary/aromatic N) is 4. The molecule has 2 bridgehead atoms. The molecule has 3 aliphatic heterocycles. The quantitative estimate of drug-likeness (QED) is 0.563. The highest BCUT2D eigenvalue weighted by Gasteiger charge is 2.40. The Labute approximate surface area is 127 Å². The maximum Gasteiger partial charge on any atom is 0.257 e. The van der Waals surface area contributed by atoms with Crippen LogP contribution in [0.25, 0.3) is 0 Å². The first-order valence-electron chi connectivity index (χ1n) is 6.19. The largest absolute Gasteiger partial charge is 0.257 e. The van der Waals surface area contributed by atoms with Crippen molar-refractivity contribution in [2.24, 2.45) is 13.5 Å². The van der Waals surface area contributed by atoms with E-state index in [1.54, 1.807) is 0 Å². The summed E-state index contributed by atoms with van der Waals surface area (Å²) in [5, 5.41) is 6.70. The average Bonchev–Trinajstić information content (AvgIpc) is 2.32. The van der Waals surface area contributed by atoms with E-state index in [0.29, 0.717) is 0 Å². The fourth-order valence-corrected chi connectivity index (χ4v) is 17.4. The summed E-state index contributed by atoms with van der Waals surface area (Å²) in [5.41, 5.74) is 0. The SMILES string of the molecule is ClP1(Cl)=NP2(Cl)=NP3(=N1)NCCCN3CCCCN2. The van der Waals surface area contributed by atoms with Crippen molar-refractivity contribution in [1.82, 2.24) is 14.8 Å². The third-order valence-corrected chi connectivity index (χ3v) is 15.3. The molecule has 6 nitrogen and oxygen atoms in total. The minimum absolute atomic E-state index is 0.798. The first-order valence-corrected chi connectivity index (χ1v) is 13.9. The summed E-state index contributed by atoms with van der Waals surface area (Å²) in [7, 11) is -2.25. The van der Waals surface area contributed by atoms with Gasteiger partial charge in [-0.1, -0.05) is 0 Å². The summed E-state index contributed by atoms with van der Waals surface area (Å²) in [6.45, 7) is 1.08. The highest BCUT2D eigenvalue weighted by molar-refractivity contribution is 8.15. The van der Waals surface area contributed by atoms with Gasteiger partial charge in [0.15, 0.2) is 0 Å². The molecule has 0 aromatic heterocycles. The molecule has 110 valence electrons. The average molecular weight is 384 g/mol. The first kappa shape index (κ1) is 15.3. The smallest absolute Gasteiger partial charge is 0.253 e. The van der Waals surface area contributed by atoms with Gasteiger partial charge in [-0.05, 0) is 53.0 Å². The fourth-order valence-electron chi connectivity index (χ4n) is 2.37. The van der Waals surface area contributed by atoms with Crippen LogP contribution in [0.1, 0.15) is 19.3 Å². The zero-order valence-electron chi connectivity index (χ0n) is 10.2. The van der Waals surface area contributed by atoms with Gasteiger partial charge in [-0.15, -0.1) is 0 Å². The molecule has 0 aliphatic carbocycles. The third-order valence-electron chi connectivity index (χ3n) is 3.17. The van der Waals surface area contributed by atoms with Gasteiger partial charge < -0.3 is 0 Å². The van der Waals surface area contributed by atoms with Crippen molar-refractivity contribution in [3.05, 3.63) is 0 Å². The fraction of sp³-hybridized carbons (Fsp3) is 1.00. The van der Waals surface area contributed by atoms with Gasteiger partial charge in [0.25, 0.3) is 5.91 Å². The van der Waals surface area contributed by atoms with E-state index in [4.69, 9.17) is 38.2 Å². The maximum atomic E-state index is 6.58. The van der Waals surface area contributed by atoms with Crippen LogP contribution >= 0.6 is 53.8 Å². The molecule has 2 N–H and O–H groups in total. The van der Waals surface area contributed by atoms with Gasteiger partial charge in [0.1, 0.15) is 0 Å². The number of rotatable bonds is 0. The van der Waals surface area contributed by atoms with Crippen LogP contribution in [0.2, 0.25) is 0 Å². The molecule has 2 atom stereocenters. The van der Waals surface area contributed by atoms with Crippen molar-refractivity contribution in [1.29, 1.82) is 0 Å². The number of hydrogen-bond donors (Lipinski definition) is 2. The lowest BCUT2D eigenvalue weighted by atomic mass is 10.3. The minimum Gasteiger partial charge on any atom is -0.253 e. The second-order valence-corrected chi connectivity index (χ2v) is 15.9. The summed E-state index contributed by atoms with van der Waals surface area (Å²) in [6.07, 6.45) is 3.22. The van der Waals surface area contributed by atoms with Gasteiger partial charge in [0.2, 0.25) is 14.2 Å². The Bertz CT molecular complexity index is 542. The van der Waals surface area contributed by atoms with Gasteiger partial charge >= 0.3 is 0 Å². The van der Waals surface area contributed by atoms with Crippen LogP contribution in [0.3, 0.4) is 0 Å². The minimum atomic E-state index is -2.74. The lowest BCUT2D eigenvalue weighted by Crippen LogP contribution is -2.35. The molecule has 0 aromatic rings. The Morgan fingerprint density at radius 1 is 0.842 bits per heavy atom. The third kappa shape index (κ3) is 3.28. The van der Waals surface area contributed by atoms with Gasteiger partial charge in [0, 0.05) is 26.2 Å². The topological polar surface area (TPSA) is 64.4 Å². The van der Waals surface area contributed by atoms with Crippen molar-refractivity contribution in [2.75, 3.05) is 26.2 Å². The second kappa shape index (κ2) is 5.57. The van der Waals surface area contributed by atoms with Crippen LogP contribution < -0.4 is 10.2 Å². The highest BCUT2D eigenvalue weighted by atomic mass is 35.9. The molecule has 1 saturated heterocycles. The molecule has 3 rings (SSSR count). The van der Waals surface area contributed by atoms with E-state index in [1.807, 2.05) is 0 Å². The molecule has 0 radical (unpaired) electrons. The number of halogens is 3. The molecule has 0 amide bonds. The maximum absolute atomic E-state index is 6.58. The predicted molar refractivity (Wildman–Crippen MR) is 87.0 cm³/mol. The van der Waals surface area contributed by atoms with Crippen LogP contribution in [0, 0.1) is 0 Å². The van der Waals surface area contributed by atoms with Crippen molar-refractivity contribution < 1.29 is 0 Å². The number of nitrogens with one attached hydrogen (secondary N) is 2. The summed E-state index contributed by atoms with van der Waals surface area (Å²) >= 11 is 19.2. The predicted octanol–water partition coefficient (Wildman–Crippen LogP) is 5.23. The Morgan fingerprint density at radius 2 is 1.58 bits per heavy atom. The molecule has 3 aliphatic rings. The van der Waals surface area contributed by atoms with Crippen LogP contribution in [0.4, 0.5) is 0 Å². The molecule has 19 heavy (non-hydrogen) atoms. The van der Waals surface area contributed by atoms with E-state index in [2.05, 4.69) is 23.9 Å². The molecule has 0 aromatic carbocycles. The molecule has 0 saturated carbocycles. The van der Waals surface area contributed by atoms with Gasteiger partial charge in [-0.2, -0.15) is 13.5 Å². The Balaban J connectivity index is 2.19. The van der Waals surface area contributed by atoms with Crippen LogP contribution in [-0.2, 0) is 0 Å². The zero-order valence-corrected chi connectivity index (χ0v) is 15.2. The molecule has 1 fully saturated rings.